The van der Waals surface area contributed by atoms with Crippen LogP contribution >= 0.6 is 11.6 Å². The normalized spacial score (nSPS) is 26.9. The van der Waals surface area contributed by atoms with Gasteiger partial charge in [0.2, 0.25) is 0 Å². The van der Waals surface area contributed by atoms with Gasteiger partial charge < -0.3 is 5.41 Å². The van der Waals surface area contributed by atoms with Crippen molar-refractivity contribution in [3.63, 3.8) is 0 Å². The molecule has 0 fully saturated rings. The van der Waals surface area contributed by atoms with Gasteiger partial charge in [-0.25, -0.2) is 0 Å². The second-order valence-electron chi connectivity index (χ2n) is 4.81. The van der Waals surface area contributed by atoms with Crippen LogP contribution in [0.15, 0.2) is 38.9 Å². The molecule has 1 heterocycles. The van der Waals surface area contributed by atoms with Crippen molar-refractivity contribution in [1.82, 2.24) is 0 Å². The number of rotatable bonds is 1. The third-order valence-corrected chi connectivity index (χ3v) is 4.16. The minimum Gasteiger partial charge on any atom is -0.804 e. The zero-order valence-electron chi connectivity index (χ0n) is 11.6. The number of hydrogen-bond donors (Lipinski definition) is 0. The number of nitrogens with zero attached hydrogens (tertiary/aromatic N) is 2. The summed E-state index contributed by atoms with van der Waals surface area (Å²) in [6.45, 7) is 8.41. The number of aliphatic imine (C=N–C) groups is 1. The maximum atomic E-state index is 9.61. The number of hydrogen-bond acceptors (Lipinski definition) is 1. The van der Waals surface area contributed by atoms with Gasteiger partial charge in [-0.2, -0.15) is 5.71 Å². The largest absolute Gasteiger partial charge is 1.00 e. The summed E-state index contributed by atoms with van der Waals surface area (Å²) in [4.78, 5) is 4.77. The Morgan fingerprint density at radius 3 is 2.50 bits per heavy atom. The Morgan fingerprint density at radius 2 is 1.94 bits per heavy atom. The molecule has 1 aliphatic heterocycles. The molecule has 0 bridgehead atoms. The van der Waals surface area contributed by atoms with Gasteiger partial charge in [-0.05, 0) is 38.3 Å². The number of allylic oxidation sites excluding steroid dienone is 5. The molecule has 2 nitrogen and oxygen atoms in total. The second kappa shape index (κ2) is 5.86. The fourth-order valence-corrected chi connectivity index (χ4v) is 2.52. The molecule has 0 saturated heterocycles. The Kier molecular flexibility index (Phi) is 5.38. The van der Waals surface area contributed by atoms with E-state index in [4.69, 9.17) is 16.6 Å². The van der Waals surface area contributed by atoms with Crippen LogP contribution in [0.3, 0.4) is 0 Å². The van der Waals surface area contributed by atoms with E-state index in [1.807, 2.05) is 0 Å². The maximum Gasteiger partial charge on any atom is 1.00 e. The van der Waals surface area contributed by atoms with Gasteiger partial charge >= 0.3 is 51.4 Å². The Balaban J connectivity index is 0.00000162. The number of fused-ring (bicyclic) bond motifs is 1. The Bertz CT molecular complexity index is 526. The topological polar surface area (TPSA) is 34.7 Å². The van der Waals surface area contributed by atoms with E-state index in [0.717, 1.165) is 23.3 Å². The number of dihydropyridines is 1. The molecule has 1 unspecified atom stereocenters. The van der Waals surface area contributed by atoms with E-state index in [2.05, 4.69) is 27.7 Å². The zero-order valence-corrected chi connectivity index (χ0v) is 15.5. The molecule has 1 atom stereocenters. The molecule has 2 rings (SSSR count). The third kappa shape index (κ3) is 2.67. The van der Waals surface area contributed by atoms with Crippen molar-refractivity contribution in [3.05, 3.63) is 39.3 Å². The van der Waals surface area contributed by atoms with Crippen molar-refractivity contribution >= 4 is 23.0 Å². The maximum absolute atomic E-state index is 9.61. The molecule has 90 valence electrons. The van der Waals surface area contributed by atoms with Crippen LogP contribution in [0, 0.1) is 0 Å². The van der Waals surface area contributed by atoms with Crippen LogP contribution in [0.4, 0.5) is 0 Å². The van der Waals surface area contributed by atoms with E-state index in [1.165, 1.54) is 5.57 Å². The quantitative estimate of drug-likeness (QED) is 0.510. The van der Waals surface area contributed by atoms with Crippen LogP contribution in [0.2, 0.25) is 0 Å². The molecule has 0 amide bonds. The van der Waals surface area contributed by atoms with Crippen LogP contribution in [-0.2, 0) is 0 Å². The van der Waals surface area contributed by atoms with Crippen LogP contribution in [0.25, 0.3) is 5.41 Å². The van der Waals surface area contributed by atoms with Crippen LogP contribution in [0.1, 0.15) is 34.1 Å². The van der Waals surface area contributed by atoms with Gasteiger partial charge in [0, 0.05) is 5.57 Å². The minimum absolute atomic E-state index is 0. The van der Waals surface area contributed by atoms with E-state index < -0.39 is 0 Å². The van der Waals surface area contributed by atoms with E-state index in [1.54, 1.807) is 12.2 Å². The second-order valence-corrected chi connectivity index (χ2v) is 5.22. The zero-order chi connectivity index (χ0) is 12.8. The van der Waals surface area contributed by atoms with Gasteiger partial charge in [0.1, 0.15) is 0 Å². The molecule has 18 heavy (non-hydrogen) atoms. The van der Waals surface area contributed by atoms with Crippen LogP contribution in [0.5, 0.6) is 0 Å². The third-order valence-electron chi connectivity index (χ3n) is 3.87. The molecule has 0 spiro atoms. The Hall–Kier alpha value is 0.486. The van der Waals surface area contributed by atoms with Gasteiger partial charge in [0.15, 0.2) is 0 Å². The Morgan fingerprint density at radius 1 is 1.33 bits per heavy atom. The molecule has 0 aromatic carbocycles. The molecule has 1 aliphatic carbocycles. The van der Waals surface area contributed by atoms with E-state index in [9.17, 15) is 5.41 Å². The summed E-state index contributed by atoms with van der Waals surface area (Å²) >= 11 is 6.17. The van der Waals surface area contributed by atoms with Crippen molar-refractivity contribution in [2.45, 2.75) is 39.7 Å². The molecular formula is C14H16ClKN2. The fraction of sp³-hybridized carbons (Fsp3) is 0.429. The van der Waals surface area contributed by atoms with Gasteiger partial charge in [0.25, 0.3) is 0 Å². The number of halogens is 1. The minimum atomic E-state index is -0.183. The molecular weight excluding hydrogens is 271 g/mol. The van der Waals surface area contributed by atoms with E-state index in [0.29, 0.717) is 5.03 Å². The molecule has 4 heteroatoms. The summed E-state index contributed by atoms with van der Waals surface area (Å²) in [5.74, 6) is 0. The monoisotopic (exact) mass is 286 g/mol. The first-order valence-corrected chi connectivity index (χ1v) is 6.20. The van der Waals surface area contributed by atoms with Gasteiger partial charge in [-0.15, -0.1) is 0 Å². The first-order valence-electron chi connectivity index (χ1n) is 5.83. The van der Waals surface area contributed by atoms with Gasteiger partial charge in [0.05, 0.1) is 16.3 Å². The van der Waals surface area contributed by atoms with Crippen molar-refractivity contribution in [2.75, 3.05) is 0 Å². The smallest absolute Gasteiger partial charge is 0.804 e. The molecule has 0 N–H and O–H groups in total. The average Bonchev–Trinajstić information content (AvgIpc) is 2.28. The van der Waals surface area contributed by atoms with E-state index >= 15 is 0 Å². The molecule has 0 aromatic heterocycles. The van der Waals surface area contributed by atoms with Crippen molar-refractivity contribution in [3.8, 4) is 0 Å². The van der Waals surface area contributed by atoms with Crippen molar-refractivity contribution < 1.29 is 51.4 Å². The molecule has 2 aliphatic rings. The summed E-state index contributed by atoms with van der Waals surface area (Å²) in [6, 6.07) is 0. The first-order chi connectivity index (χ1) is 7.89. The summed E-state index contributed by atoms with van der Waals surface area (Å²) < 4.78 is 0. The summed E-state index contributed by atoms with van der Waals surface area (Å²) in [7, 11) is 0. The van der Waals surface area contributed by atoms with Gasteiger partial charge in [-0.1, -0.05) is 30.7 Å². The van der Waals surface area contributed by atoms with Crippen LogP contribution in [-0.4, -0.2) is 17.0 Å². The van der Waals surface area contributed by atoms with Crippen LogP contribution < -0.4 is 51.4 Å². The van der Waals surface area contributed by atoms with Gasteiger partial charge in [-0.3, -0.25) is 4.99 Å². The fourth-order valence-electron chi connectivity index (χ4n) is 2.27. The summed E-state index contributed by atoms with van der Waals surface area (Å²) in [6.07, 6.45) is 4.22. The van der Waals surface area contributed by atoms with Crippen molar-refractivity contribution in [1.29, 1.82) is 0 Å². The first kappa shape index (κ1) is 16.5. The summed E-state index contributed by atoms with van der Waals surface area (Å²) in [5, 5.41) is 10.1. The summed E-state index contributed by atoms with van der Waals surface area (Å²) in [5.41, 5.74) is 4.16. The predicted molar refractivity (Wildman–Crippen MR) is 74.9 cm³/mol. The predicted octanol–water partition coefficient (Wildman–Crippen LogP) is 1.02. The SMILES string of the molecule is CCC1(C)N=C2C(Cl)=CC(=[N-])C=C2C(C)=C1C.[K+]. The average molecular weight is 287 g/mol. The Labute approximate surface area is 156 Å². The molecule has 0 saturated carbocycles. The standard InChI is InChI=1S/C14H16ClN2.K/c1-5-14(4)9(3)8(2)11-6-10(16)7-12(15)13(11)17-14;/h6-7H,5H2,1-4H3;/q-1;+1. The molecule has 0 aromatic rings. The van der Waals surface area contributed by atoms with E-state index in [-0.39, 0.29) is 62.6 Å². The molecule has 0 radical (unpaired) electrons. The van der Waals surface area contributed by atoms with Crippen molar-refractivity contribution in [2.24, 2.45) is 4.99 Å².